The molecular weight excluding hydrogens is 272 g/mol. The summed E-state index contributed by atoms with van der Waals surface area (Å²) in [6, 6.07) is 7.64. The van der Waals surface area contributed by atoms with Crippen LogP contribution in [0.25, 0.3) is 21.9 Å². The van der Waals surface area contributed by atoms with Gasteiger partial charge in [-0.1, -0.05) is 12.1 Å². The van der Waals surface area contributed by atoms with Crippen molar-refractivity contribution in [2.45, 2.75) is 6.10 Å². The summed E-state index contributed by atoms with van der Waals surface area (Å²) < 4.78 is 0.665. The van der Waals surface area contributed by atoms with Crippen LogP contribution in [0.5, 0.6) is 0 Å². The third-order valence-corrected chi connectivity index (χ3v) is 3.20. The van der Waals surface area contributed by atoms with Crippen molar-refractivity contribution in [3.05, 3.63) is 42.9 Å². The molecule has 2 aromatic heterocycles. The second kappa shape index (κ2) is 4.81. The molecule has 0 atom stereocenters. The molecule has 0 saturated heterocycles. The smallest absolute Gasteiger partial charge is 0.373 e. The number of pyridine rings is 1. The van der Waals surface area contributed by atoms with E-state index in [4.69, 9.17) is 15.3 Å². The summed E-state index contributed by atoms with van der Waals surface area (Å²) in [6.07, 6.45) is 1.56. The zero-order valence-corrected chi connectivity index (χ0v) is 11.2. The van der Waals surface area contributed by atoms with Crippen molar-refractivity contribution in [2.24, 2.45) is 0 Å². The van der Waals surface area contributed by atoms with Crippen LogP contribution in [-0.2, 0) is 6.10 Å². The van der Waals surface area contributed by atoms with Gasteiger partial charge in [-0.05, 0) is 23.1 Å². The van der Waals surface area contributed by atoms with E-state index in [-0.39, 0.29) is 0 Å². The van der Waals surface area contributed by atoms with Gasteiger partial charge in [-0.3, -0.25) is 0 Å². The molecule has 7 heteroatoms. The first kappa shape index (κ1) is 13.5. The highest BCUT2D eigenvalue weighted by Gasteiger charge is 2.22. The Kier molecular flexibility index (Phi) is 3.09. The lowest BCUT2D eigenvalue weighted by molar-refractivity contribution is -0.380. The minimum absolute atomic E-state index is 0.654. The first-order valence-corrected chi connectivity index (χ1v) is 6.27. The van der Waals surface area contributed by atoms with E-state index < -0.39 is 6.10 Å². The van der Waals surface area contributed by atoms with E-state index in [1.165, 1.54) is 12.4 Å². The number of benzene rings is 1. The monoisotopic (exact) mass is 286 g/mol. The lowest BCUT2D eigenvalue weighted by Gasteiger charge is -2.12. The quantitative estimate of drug-likeness (QED) is 0.528. The fraction of sp³-hybridized carbons (Fsp3) is 0.143. The van der Waals surface area contributed by atoms with Crippen LogP contribution in [0.2, 0.25) is 0 Å². The van der Waals surface area contributed by atoms with Crippen LogP contribution in [0, 0.1) is 0 Å². The molecule has 0 radical (unpaired) electrons. The van der Waals surface area contributed by atoms with Gasteiger partial charge in [0.05, 0.1) is 6.20 Å². The summed E-state index contributed by atoms with van der Waals surface area (Å²) in [5.74, 6) is 0.760. The van der Waals surface area contributed by atoms with Gasteiger partial charge in [0.1, 0.15) is 5.82 Å². The third-order valence-electron chi connectivity index (χ3n) is 3.20. The number of aliphatic hydroxyl groups is 3. The van der Waals surface area contributed by atoms with Gasteiger partial charge in [-0.15, -0.1) is 0 Å². The standard InChI is InChI=1S/C14H14N4O3/c1-15-13-5-11-4-9(2-3-10(11)6-16-13)12-7-17-18(8-12)14(19,20)21/h2-8,19-21H,1H3,(H,15,16). The summed E-state index contributed by atoms with van der Waals surface area (Å²) >= 11 is 0. The maximum atomic E-state index is 9.08. The van der Waals surface area contributed by atoms with E-state index in [0.717, 1.165) is 22.2 Å². The highest BCUT2D eigenvalue weighted by Crippen LogP contribution is 2.25. The number of anilines is 1. The molecule has 0 amide bonds. The van der Waals surface area contributed by atoms with E-state index in [2.05, 4.69) is 15.4 Å². The fourth-order valence-electron chi connectivity index (χ4n) is 2.09. The first-order chi connectivity index (χ1) is 9.97. The topological polar surface area (TPSA) is 103 Å². The number of hydrogen-bond donors (Lipinski definition) is 4. The van der Waals surface area contributed by atoms with Gasteiger partial charge in [0.2, 0.25) is 0 Å². The van der Waals surface area contributed by atoms with Crippen LogP contribution in [0.3, 0.4) is 0 Å². The minimum atomic E-state index is -3.00. The average Bonchev–Trinajstić information content (AvgIpc) is 2.96. The Balaban J connectivity index is 2.06. The Morgan fingerprint density at radius 1 is 1.05 bits per heavy atom. The van der Waals surface area contributed by atoms with Crippen LogP contribution in [-0.4, -0.2) is 37.1 Å². The Hall–Kier alpha value is -2.48. The van der Waals surface area contributed by atoms with Crippen molar-refractivity contribution in [1.82, 2.24) is 14.8 Å². The van der Waals surface area contributed by atoms with Crippen LogP contribution in [0.15, 0.2) is 42.9 Å². The van der Waals surface area contributed by atoms with Crippen molar-refractivity contribution in [3.8, 4) is 11.1 Å². The van der Waals surface area contributed by atoms with E-state index in [1.807, 2.05) is 24.3 Å². The summed E-state index contributed by atoms with van der Waals surface area (Å²) in [5.41, 5.74) is 1.49. The van der Waals surface area contributed by atoms with Crippen molar-refractivity contribution in [3.63, 3.8) is 0 Å². The molecule has 0 aliphatic carbocycles. The molecule has 0 bridgehead atoms. The van der Waals surface area contributed by atoms with Crippen LogP contribution < -0.4 is 5.32 Å². The second-order valence-electron chi connectivity index (χ2n) is 4.66. The zero-order chi connectivity index (χ0) is 15.0. The number of nitrogens with zero attached hydrogens (tertiary/aromatic N) is 3. The van der Waals surface area contributed by atoms with Crippen molar-refractivity contribution >= 4 is 16.6 Å². The average molecular weight is 286 g/mol. The van der Waals surface area contributed by atoms with Crippen LogP contribution in [0.1, 0.15) is 0 Å². The van der Waals surface area contributed by atoms with E-state index in [0.29, 0.717) is 10.2 Å². The van der Waals surface area contributed by atoms with Gasteiger partial charge in [0, 0.05) is 30.4 Å². The molecule has 0 fully saturated rings. The summed E-state index contributed by atoms with van der Waals surface area (Å²) in [4.78, 5) is 4.24. The molecule has 0 aliphatic rings. The lowest BCUT2D eigenvalue weighted by atomic mass is 10.1. The molecule has 21 heavy (non-hydrogen) atoms. The predicted octanol–water partition coefficient (Wildman–Crippen LogP) is 0.685. The normalized spacial score (nSPS) is 11.8. The van der Waals surface area contributed by atoms with Crippen LogP contribution >= 0.6 is 0 Å². The fourth-order valence-corrected chi connectivity index (χ4v) is 2.09. The number of fused-ring (bicyclic) bond motifs is 1. The molecule has 0 saturated carbocycles. The molecule has 7 nitrogen and oxygen atoms in total. The summed E-state index contributed by atoms with van der Waals surface area (Å²) in [7, 11) is 1.80. The molecule has 3 rings (SSSR count). The number of rotatable bonds is 3. The van der Waals surface area contributed by atoms with Crippen LogP contribution in [0.4, 0.5) is 5.82 Å². The van der Waals surface area contributed by atoms with Gasteiger partial charge in [-0.2, -0.15) is 9.78 Å². The number of hydrogen-bond acceptors (Lipinski definition) is 6. The molecule has 2 heterocycles. The Bertz CT molecular complexity index is 792. The highest BCUT2D eigenvalue weighted by atomic mass is 16.7. The molecule has 0 spiro atoms. The van der Waals surface area contributed by atoms with Crippen molar-refractivity contribution < 1.29 is 15.3 Å². The maximum Gasteiger partial charge on any atom is 0.389 e. The Labute approximate surface area is 120 Å². The predicted molar refractivity (Wildman–Crippen MR) is 77.1 cm³/mol. The Morgan fingerprint density at radius 2 is 1.86 bits per heavy atom. The van der Waals surface area contributed by atoms with Crippen molar-refractivity contribution in [2.75, 3.05) is 12.4 Å². The van der Waals surface area contributed by atoms with Gasteiger partial charge in [0.25, 0.3) is 0 Å². The minimum Gasteiger partial charge on any atom is -0.373 e. The molecule has 1 aromatic carbocycles. The second-order valence-corrected chi connectivity index (χ2v) is 4.66. The molecule has 108 valence electrons. The molecule has 3 aromatic rings. The molecular formula is C14H14N4O3. The van der Waals surface area contributed by atoms with Crippen molar-refractivity contribution in [1.29, 1.82) is 0 Å². The highest BCUT2D eigenvalue weighted by molar-refractivity contribution is 5.88. The number of aromatic nitrogens is 3. The molecule has 4 N–H and O–H groups in total. The third kappa shape index (κ3) is 2.57. The lowest BCUT2D eigenvalue weighted by Crippen LogP contribution is -2.32. The summed E-state index contributed by atoms with van der Waals surface area (Å²) in [5, 5.41) is 35.9. The maximum absolute atomic E-state index is 9.08. The largest absolute Gasteiger partial charge is 0.389 e. The van der Waals surface area contributed by atoms with Gasteiger partial charge in [-0.25, -0.2) is 4.98 Å². The first-order valence-electron chi connectivity index (χ1n) is 6.27. The SMILES string of the molecule is CNc1cc2cc(-c3cnn(C(O)(O)O)c3)ccc2cn1. The zero-order valence-electron chi connectivity index (χ0n) is 11.2. The van der Waals surface area contributed by atoms with Gasteiger partial charge >= 0.3 is 6.10 Å². The molecule has 0 aliphatic heterocycles. The van der Waals surface area contributed by atoms with E-state index in [1.54, 1.807) is 13.2 Å². The number of nitrogens with one attached hydrogen (secondary N) is 1. The van der Waals surface area contributed by atoms with E-state index >= 15 is 0 Å². The van der Waals surface area contributed by atoms with E-state index in [9.17, 15) is 0 Å². The summed E-state index contributed by atoms with van der Waals surface area (Å²) in [6.45, 7) is 0. The van der Waals surface area contributed by atoms with Gasteiger partial charge < -0.3 is 20.6 Å². The van der Waals surface area contributed by atoms with Gasteiger partial charge in [0.15, 0.2) is 0 Å². The Morgan fingerprint density at radius 3 is 2.52 bits per heavy atom. The molecule has 0 unspecified atom stereocenters.